The molecular formula is C33H60O6Si2. The van der Waals surface area contributed by atoms with E-state index in [1.807, 2.05) is 0 Å². The van der Waals surface area contributed by atoms with Gasteiger partial charge < -0.3 is 18.7 Å². The number of hydrogen-bond donors (Lipinski definition) is 1. The molecule has 236 valence electrons. The first-order chi connectivity index (χ1) is 18.8. The first-order valence-electron chi connectivity index (χ1n) is 15.6. The Kier molecular flexibility index (Phi) is 14.7. The van der Waals surface area contributed by atoms with Crippen LogP contribution in [0.1, 0.15) is 99.8 Å². The molecule has 0 amide bonds. The molecule has 0 aromatic rings. The zero-order chi connectivity index (χ0) is 31.6. The summed E-state index contributed by atoms with van der Waals surface area (Å²) in [4.78, 5) is 24.8. The molecule has 1 aliphatic rings. The zero-order valence-electron chi connectivity index (χ0n) is 28.2. The molecule has 1 aliphatic carbocycles. The number of carbonyl (C=O) groups is 2. The van der Waals surface area contributed by atoms with E-state index < -0.39 is 28.7 Å². The predicted molar refractivity (Wildman–Crippen MR) is 174 cm³/mol. The van der Waals surface area contributed by atoms with Crippen LogP contribution >= 0.6 is 0 Å². The van der Waals surface area contributed by atoms with E-state index >= 15 is 0 Å². The van der Waals surface area contributed by atoms with Gasteiger partial charge in [0, 0.05) is 25.2 Å². The third kappa shape index (κ3) is 11.7. The summed E-state index contributed by atoms with van der Waals surface area (Å²) >= 11 is 0. The first kappa shape index (κ1) is 37.8. The summed E-state index contributed by atoms with van der Waals surface area (Å²) in [5.74, 6) is 4.67. The van der Waals surface area contributed by atoms with E-state index in [0.717, 1.165) is 25.7 Å². The lowest BCUT2D eigenvalue weighted by atomic mass is 9.88. The zero-order valence-corrected chi connectivity index (χ0v) is 30.2. The lowest BCUT2D eigenvalue weighted by molar-refractivity contribution is -0.140. The third-order valence-electron chi connectivity index (χ3n) is 9.26. The van der Waals surface area contributed by atoms with Gasteiger partial charge in [-0.05, 0) is 49.1 Å². The Morgan fingerprint density at radius 3 is 2.20 bits per heavy atom. The molecule has 1 rings (SSSR count). The van der Waals surface area contributed by atoms with Crippen molar-refractivity contribution in [1.82, 2.24) is 0 Å². The number of carbonyl (C=O) groups excluding carboxylic acids is 2. The van der Waals surface area contributed by atoms with Gasteiger partial charge in [0.2, 0.25) is 0 Å². The Morgan fingerprint density at radius 1 is 1.05 bits per heavy atom. The summed E-state index contributed by atoms with van der Waals surface area (Å²) < 4.78 is 18.3. The Labute approximate surface area is 253 Å². The van der Waals surface area contributed by atoms with Gasteiger partial charge in [-0.3, -0.25) is 9.59 Å². The molecule has 0 aromatic heterocycles. The number of aliphatic hydroxyl groups excluding tert-OH is 1. The number of rotatable bonds is 14. The maximum Gasteiger partial charge on any atom is 0.305 e. The van der Waals surface area contributed by atoms with Crippen molar-refractivity contribution in [2.45, 2.75) is 154 Å². The van der Waals surface area contributed by atoms with Gasteiger partial charge in [0.25, 0.3) is 0 Å². The lowest BCUT2D eigenvalue weighted by Crippen LogP contribution is -2.45. The molecule has 41 heavy (non-hydrogen) atoms. The van der Waals surface area contributed by atoms with Crippen molar-refractivity contribution >= 4 is 28.4 Å². The van der Waals surface area contributed by atoms with Crippen LogP contribution in [-0.4, -0.2) is 58.9 Å². The third-order valence-corrected chi connectivity index (χ3v) is 18.3. The number of ketones is 1. The van der Waals surface area contributed by atoms with Crippen molar-refractivity contribution in [2.24, 2.45) is 11.8 Å². The second-order valence-corrected chi connectivity index (χ2v) is 24.2. The van der Waals surface area contributed by atoms with Gasteiger partial charge in [-0.25, -0.2) is 0 Å². The fourth-order valence-electron chi connectivity index (χ4n) is 4.51. The minimum absolute atomic E-state index is 0.00537. The predicted octanol–water partition coefficient (Wildman–Crippen LogP) is 7.82. The quantitative estimate of drug-likeness (QED) is 0.0712. The molecule has 0 bridgehead atoms. The minimum atomic E-state index is -2.17. The normalized spacial score (nSPS) is 22.0. The van der Waals surface area contributed by atoms with Crippen LogP contribution in [0, 0.1) is 23.7 Å². The van der Waals surface area contributed by atoms with Gasteiger partial charge in [0.1, 0.15) is 11.9 Å². The fraction of sp³-hybridized carbons (Fsp3) is 0.818. The number of esters is 1. The maximum atomic E-state index is 13.4. The summed E-state index contributed by atoms with van der Waals surface area (Å²) in [5.41, 5.74) is 0. The van der Waals surface area contributed by atoms with Gasteiger partial charge >= 0.3 is 5.97 Å². The standard InChI is InChI=1S/C33H60O6Si2/c1-13-14-16-19-25(38-40(9,10)32(2,3)4)22-23-26-29(39-41(11,12)33(5,6)7)24-28(35)31(26)27(34)20-17-15-18-21-30(36)37-8/h22-23,25-27,29,31,34H,13-16,18-19,21,24H2,1-12H3/b23-22+/t25-,26-,27?,29+,31-/m0/s1. The Bertz CT molecular complexity index is 932. The number of aliphatic hydroxyl groups is 1. The molecule has 5 atom stereocenters. The van der Waals surface area contributed by atoms with Crippen molar-refractivity contribution in [3.63, 3.8) is 0 Å². The largest absolute Gasteiger partial charge is 0.469 e. The van der Waals surface area contributed by atoms with Crippen molar-refractivity contribution in [1.29, 1.82) is 0 Å². The average Bonchev–Trinajstić information content (AvgIpc) is 3.14. The average molecular weight is 609 g/mol. The van der Waals surface area contributed by atoms with E-state index in [9.17, 15) is 14.7 Å². The summed E-state index contributed by atoms with van der Waals surface area (Å²) in [5, 5.41) is 11.2. The molecule has 6 nitrogen and oxygen atoms in total. The van der Waals surface area contributed by atoms with Crippen LogP contribution in [0.15, 0.2) is 12.2 Å². The number of unbranched alkanes of at least 4 members (excludes halogenated alkanes) is 3. The highest BCUT2D eigenvalue weighted by atomic mass is 28.4. The second kappa shape index (κ2) is 16.0. The van der Waals surface area contributed by atoms with Crippen LogP contribution < -0.4 is 0 Å². The number of Topliss-reactive ketones (excluding diaryl/α,β-unsaturated/α-hetero) is 1. The first-order valence-corrected chi connectivity index (χ1v) is 21.4. The summed E-state index contributed by atoms with van der Waals surface area (Å²) in [6, 6.07) is 0. The molecule has 0 aromatic carbocycles. The molecule has 1 N–H and O–H groups in total. The second-order valence-electron chi connectivity index (χ2n) is 14.7. The Morgan fingerprint density at radius 2 is 1.66 bits per heavy atom. The van der Waals surface area contributed by atoms with Crippen molar-refractivity contribution in [2.75, 3.05) is 7.11 Å². The van der Waals surface area contributed by atoms with Crippen LogP contribution in [-0.2, 0) is 23.2 Å². The van der Waals surface area contributed by atoms with E-state index in [-0.39, 0.29) is 52.8 Å². The fourth-order valence-corrected chi connectivity index (χ4v) is 7.17. The Hall–Kier alpha value is -1.25. The van der Waals surface area contributed by atoms with Gasteiger partial charge in [0.15, 0.2) is 16.6 Å². The minimum Gasteiger partial charge on any atom is -0.469 e. The van der Waals surface area contributed by atoms with Gasteiger partial charge in [-0.2, -0.15) is 0 Å². The number of hydrogen-bond acceptors (Lipinski definition) is 6. The van der Waals surface area contributed by atoms with Crippen LogP contribution in [0.2, 0.25) is 36.3 Å². The van der Waals surface area contributed by atoms with Crippen molar-refractivity contribution < 1.29 is 28.3 Å². The van der Waals surface area contributed by atoms with Crippen molar-refractivity contribution in [3.05, 3.63) is 12.2 Å². The SMILES string of the molecule is CCCCC[C@@H](/C=C/[C@@H]1[C@@H](C(O)C#CCCCC(=O)OC)C(=O)C[C@H]1O[Si](C)(C)C(C)(C)C)O[Si](C)(C)C(C)(C)C. The molecule has 0 aliphatic heterocycles. The summed E-state index contributed by atoms with van der Waals surface area (Å²) in [6.45, 7) is 24.5. The molecular weight excluding hydrogens is 549 g/mol. The van der Waals surface area contributed by atoms with E-state index in [1.54, 1.807) is 0 Å². The Balaban J connectivity index is 3.34. The molecule has 0 spiro atoms. The number of ether oxygens (including phenoxy) is 1. The molecule has 1 fully saturated rings. The van der Waals surface area contributed by atoms with Crippen LogP contribution in [0.4, 0.5) is 0 Å². The van der Waals surface area contributed by atoms with Crippen molar-refractivity contribution in [3.8, 4) is 11.8 Å². The van der Waals surface area contributed by atoms with E-state index in [0.29, 0.717) is 12.8 Å². The van der Waals surface area contributed by atoms with Gasteiger partial charge in [-0.15, -0.1) is 5.92 Å². The van der Waals surface area contributed by atoms with Gasteiger partial charge in [-0.1, -0.05) is 85.8 Å². The highest BCUT2D eigenvalue weighted by Crippen LogP contribution is 2.43. The van der Waals surface area contributed by atoms with Crippen LogP contribution in [0.3, 0.4) is 0 Å². The molecule has 0 radical (unpaired) electrons. The summed E-state index contributed by atoms with van der Waals surface area (Å²) in [7, 11) is -2.83. The monoisotopic (exact) mass is 608 g/mol. The van der Waals surface area contributed by atoms with E-state index in [2.05, 4.69) is 103 Å². The molecule has 0 saturated heterocycles. The van der Waals surface area contributed by atoms with Gasteiger partial charge in [0.05, 0.1) is 25.2 Å². The molecule has 8 heteroatoms. The maximum absolute atomic E-state index is 13.4. The highest BCUT2D eigenvalue weighted by molar-refractivity contribution is 6.74. The lowest BCUT2D eigenvalue weighted by Gasteiger charge is -2.40. The highest BCUT2D eigenvalue weighted by Gasteiger charge is 2.49. The number of methoxy groups -OCH3 is 1. The molecule has 0 heterocycles. The van der Waals surface area contributed by atoms with Crippen LogP contribution in [0.25, 0.3) is 0 Å². The van der Waals surface area contributed by atoms with E-state index in [1.165, 1.54) is 7.11 Å². The topological polar surface area (TPSA) is 82.1 Å². The smallest absolute Gasteiger partial charge is 0.305 e. The molecule has 1 unspecified atom stereocenters. The molecule has 1 saturated carbocycles. The summed E-state index contributed by atoms with van der Waals surface area (Å²) in [6.07, 6.45) is 8.66. The van der Waals surface area contributed by atoms with Crippen LogP contribution in [0.5, 0.6) is 0 Å². The van der Waals surface area contributed by atoms with E-state index in [4.69, 9.17) is 8.85 Å².